The summed E-state index contributed by atoms with van der Waals surface area (Å²) in [5.74, 6) is 0.585. The van der Waals surface area contributed by atoms with Crippen molar-refractivity contribution < 1.29 is 9.59 Å². The quantitative estimate of drug-likeness (QED) is 0.595. The zero-order chi connectivity index (χ0) is 16.4. The van der Waals surface area contributed by atoms with Gasteiger partial charge in [0.05, 0.1) is 5.57 Å². The van der Waals surface area contributed by atoms with Gasteiger partial charge in [0, 0.05) is 18.7 Å². The molecule has 2 nitrogen and oxygen atoms in total. The summed E-state index contributed by atoms with van der Waals surface area (Å²) in [5, 5.41) is 0. The summed E-state index contributed by atoms with van der Waals surface area (Å²) in [6.45, 7) is 8.05. The van der Waals surface area contributed by atoms with Crippen LogP contribution in [0.2, 0.25) is 0 Å². The summed E-state index contributed by atoms with van der Waals surface area (Å²) in [5.41, 5.74) is 6.40. The number of alkyl halides is 1. The number of allylic oxidation sites excluding steroid dienone is 2. The minimum atomic E-state index is -0.0396. The molecule has 0 N–H and O–H groups in total. The fourth-order valence-corrected chi connectivity index (χ4v) is 3.96. The van der Waals surface area contributed by atoms with Gasteiger partial charge in [-0.1, -0.05) is 19.1 Å². The highest BCUT2D eigenvalue weighted by atomic mass is 35.5. The molecule has 2 rings (SSSR count). The van der Waals surface area contributed by atoms with Crippen LogP contribution < -0.4 is 0 Å². The maximum atomic E-state index is 12.3. The fraction of sp³-hybridized carbons (Fsp3) is 0.474. The molecule has 0 aromatic heterocycles. The minimum Gasteiger partial charge on any atom is -0.294 e. The number of carbonyl (C=O) groups is 2. The number of aryl methyl sites for hydroxylation is 2. The molecule has 0 saturated heterocycles. The number of hydrogen-bond acceptors (Lipinski definition) is 2. The van der Waals surface area contributed by atoms with E-state index in [-0.39, 0.29) is 17.5 Å². The average Bonchev–Trinajstić information content (AvgIpc) is 2.46. The number of halogens is 1. The van der Waals surface area contributed by atoms with E-state index in [2.05, 4.69) is 26.8 Å². The first-order valence-corrected chi connectivity index (χ1v) is 8.36. The SMILES string of the molecule is CCC(=O)C1=CCC(c2c(C)cc(C)c(CCl)c2C)CC1=O. The summed E-state index contributed by atoms with van der Waals surface area (Å²) >= 11 is 6.09. The lowest BCUT2D eigenvalue weighted by Gasteiger charge is -2.26. The maximum absolute atomic E-state index is 12.3. The van der Waals surface area contributed by atoms with Crippen molar-refractivity contribution >= 4 is 23.2 Å². The van der Waals surface area contributed by atoms with Crippen molar-refractivity contribution in [2.24, 2.45) is 0 Å². The second kappa shape index (κ2) is 6.78. The van der Waals surface area contributed by atoms with E-state index < -0.39 is 0 Å². The molecule has 3 heteroatoms. The highest BCUT2D eigenvalue weighted by molar-refractivity contribution is 6.20. The van der Waals surface area contributed by atoms with Gasteiger partial charge in [0.1, 0.15) is 0 Å². The average molecular weight is 319 g/mol. The normalized spacial score (nSPS) is 18.3. The lowest BCUT2D eigenvalue weighted by Crippen LogP contribution is -2.21. The zero-order valence-electron chi connectivity index (χ0n) is 13.8. The minimum absolute atomic E-state index is 0.0186. The second-order valence-electron chi connectivity index (χ2n) is 6.12. The molecule has 1 aromatic carbocycles. The third-order valence-electron chi connectivity index (χ3n) is 4.69. The summed E-state index contributed by atoms with van der Waals surface area (Å²) in [6.07, 6.45) is 3.39. The predicted octanol–water partition coefficient (Wildman–Crippen LogP) is 4.70. The van der Waals surface area contributed by atoms with Crippen molar-refractivity contribution in [1.82, 2.24) is 0 Å². The molecule has 1 atom stereocenters. The van der Waals surface area contributed by atoms with Gasteiger partial charge in [0.15, 0.2) is 11.6 Å². The summed E-state index contributed by atoms with van der Waals surface area (Å²) in [7, 11) is 0. The Morgan fingerprint density at radius 2 is 1.95 bits per heavy atom. The molecule has 0 radical (unpaired) electrons. The topological polar surface area (TPSA) is 34.1 Å². The number of Topliss-reactive ketones (excluding diaryl/α,β-unsaturated/α-hetero) is 2. The van der Waals surface area contributed by atoms with Gasteiger partial charge in [-0.05, 0) is 60.9 Å². The van der Waals surface area contributed by atoms with Crippen LogP contribution in [0.1, 0.15) is 59.9 Å². The summed E-state index contributed by atoms with van der Waals surface area (Å²) < 4.78 is 0. The molecule has 0 bridgehead atoms. The molecule has 1 aromatic rings. The van der Waals surface area contributed by atoms with Crippen LogP contribution in [0.4, 0.5) is 0 Å². The van der Waals surface area contributed by atoms with Crippen LogP contribution in [0.5, 0.6) is 0 Å². The first-order valence-electron chi connectivity index (χ1n) is 7.82. The highest BCUT2D eigenvalue weighted by Crippen LogP contribution is 2.37. The van der Waals surface area contributed by atoms with E-state index in [0.29, 0.717) is 24.3 Å². The number of hydrogen-bond donors (Lipinski definition) is 0. The molecular formula is C19H23ClO2. The molecule has 0 heterocycles. The van der Waals surface area contributed by atoms with Crippen molar-refractivity contribution in [2.45, 2.75) is 58.8 Å². The second-order valence-corrected chi connectivity index (χ2v) is 6.38. The van der Waals surface area contributed by atoms with Gasteiger partial charge in [-0.25, -0.2) is 0 Å². The van der Waals surface area contributed by atoms with Gasteiger partial charge in [0.25, 0.3) is 0 Å². The monoisotopic (exact) mass is 318 g/mol. The van der Waals surface area contributed by atoms with Gasteiger partial charge < -0.3 is 0 Å². The smallest absolute Gasteiger partial charge is 0.166 e. The van der Waals surface area contributed by atoms with Crippen LogP contribution >= 0.6 is 11.6 Å². The van der Waals surface area contributed by atoms with Gasteiger partial charge in [0.2, 0.25) is 0 Å². The first-order chi connectivity index (χ1) is 10.4. The third-order valence-corrected chi connectivity index (χ3v) is 4.96. The number of rotatable bonds is 4. The van der Waals surface area contributed by atoms with Crippen molar-refractivity contribution in [3.05, 3.63) is 45.5 Å². The Balaban J connectivity index is 2.41. The molecule has 0 aliphatic heterocycles. The molecule has 118 valence electrons. The van der Waals surface area contributed by atoms with E-state index in [9.17, 15) is 9.59 Å². The molecule has 22 heavy (non-hydrogen) atoms. The van der Waals surface area contributed by atoms with Gasteiger partial charge in [-0.3, -0.25) is 9.59 Å². The Morgan fingerprint density at radius 1 is 1.27 bits per heavy atom. The Kier molecular flexibility index (Phi) is 5.23. The Morgan fingerprint density at radius 3 is 2.50 bits per heavy atom. The molecule has 0 spiro atoms. The number of carbonyl (C=O) groups excluding carboxylic acids is 2. The number of benzene rings is 1. The molecule has 0 saturated carbocycles. The van der Waals surface area contributed by atoms with Gasteiger partial charge >= 0.3 is 0 Å². The van der Waals surface area contributed by atoms with Crippen LogP contribution in [0.3, 0.4) is 0 Å². The standard InChI is InChI=1S/C19H23ClO2/c1-5-17(21)15-7-6-14(9-18(15)22)19-12(3)8-11(2)16(10-20)13(19)4/h7-8,14H,5-6,9-10H2,1-4H3. The first kappa shape index (κ1) is 17.0. The fourth-order valence-electron chi connectivity index (χ4n) is 3.55. The Labute approximate surface area is 137 Å². The van der Waals surface area contributed by atoms with E-state index >= 15 is 0 Å². The summed E-state index contributed by atoms with van der Waals surface area (Å²) in [4.78, 5) is 24.1. The van der Waals surface area contributed by atoms with Crippen LogP contribution in [0.25, 0.3) is 0 Å². The Hall–Kier alpha value is -1.41. The van der Waals surface area contributed by atoms with Gasteiger partial charge in [-0.15, -0.1) is 11.6 Å². The van der Waals surface area contributed by atoms with E-state index in [4.69, 9.17) is 11.6 Å². The number of ketones is 2. The Bertz CT molecular complexity index is 656. The van der Waals surface area contributed by atoms with E-state index in [1.54, 1.807) is 6.92 Å². The zero-order valence-corrected chi connectivity index (χ0v) is 14.5. The summed E-state index contributed by atoms with van der Waals surface area (Å²) in [6, 6.07) is 2.15. The van der Waals surface area contributed by atoms with Crippen LogP contribution in [-0.4, -0.2) is 11.6 Å². The predicted molar refractivity (Wildman–Crippen MR) is 90.6 cm³/mol. The molecule has 1 aliphatic carbocycles. The molecule has 1 unspecified atom stereocenters. The van der Waals surface area contributed by atoms with Crippen molar-refractivity contribution in [2.75, 3.05) is 0 Å². The molecule has 0 amide bonds. The van der Waals surface area contributed by atoms with Crippen molar-refractivity contribution in [3.8, 4) is 0 Å². The van der Waals surface area contributed by atoms with Crippen LogP contribution in [0, 0.1) is 20.8 Å². The van der Waals surface area contributed by atoms with Crippen LogP contribution in [0.15, 0.2) is 17.7 Å². The van der Waals surface area contributed by atoms with Gasteiger partial charge in [-0.2, -0.15) is 0 Å². The highest BCUT2D eigenvalue weighted by Gasteiger charge is 2.28. The van der Waals surface area contributed by atoms with Crippen LogP contribution in [-0.2, 0) is 15.5 Å². The molecule has 0 fully saturated rings. The van der Waals surface area contributed by atoms with E-state index in [0.717, 1.165) is 12.0 Å². The molecule has 1 aliphatic rings. The van der Waals surface area contributed by atoms with E-state index in [1.807, 2.05) is 6.08 Å². The lowest BCUT2D eigenvalue weighted by molar-refractivity contribution is -0.121. The maximum Gasteiger partial charge on any atom is 0.166 e. The van der Waals surface area contributed by atoms with Crippen molar-refractivity contribution in [1.29, 1.82) is 0 Å². The third kappa shape index (κ3) is 3.03. The molecular weight excluding hydrogens is 296 g/mol. The largest absolute Gasteiger partial charge is 0.294 e. The lowest BCUT2D eigenvalue weighted by atomic mass is 9.78. The van der Waals surface area contributed by atoms with Crippen molar-refractivity contribution in [3.63, 3.8) is 0 Å². The van der Waals surface area contributed by atoms with E-state index in [1.165, 1.54) is 22.3 Å².